The summed E-state index contributed by atoms with van der Waals surface area (Å²) >= 11 is 11.6. The van der Waals surface area contributed by atoms with Crippen LogP contribution in [0.2, 0.25) is 10.0 Å². The first-order chi connectivity index (χ1) is 10.9. The van der Waals surface area contributed by atoms with Crippen molar-refractivity contribution in [3.8, 4) is 5.69 Å². The van der Waals surface area contributed by atoms with Crippen LogP contribution >= 0.6 is 23.2 Å². The molecule has 0 radical (unpaired) electrons. The predicted molar refractivity (Wildman–Crippen MR) is 83.0 cm³/mol. The molecule has 0 fully saturated rings. The molecule has 0 aliphatic carbocycles. The third kappa shape index (κ3) is 2.94. The number of hydrogen-bond donors (Lipinski definition) is 0. The van der Waals surface area contributed by atoms with E-state index < -0.39 is 17.6 Å². The molecule has 0 amide bonds. The third-order valence-electron chi connectivity index (χ3n) is 3.31. The fraction of sp³-hybridized carbons (Fsp3) is 0.0625. The van der Waals surface area contributed by atoms with Crippen LogP contribution in [0.3, 0.4) is 0 Å². The standard InChI is InChI=1S/C16H9Cl2F3N2/c17-13-6-1-10(9-14(13)18)16(20,21)15-22-7-8-23(15)12-4-2-11(19)3-5-12/h1-9H. The Balaban J connectivity index is 2.09. The molecule has 1 aromatic heterocycles. The number of benzene rings is 2. The molecule has 0 atom stereocenters. The van der Waals surface area contributed by atoms with Crippen molar-refractivity contribution in [1.29, 1.82) is 0 Å². The minimum atomic E-state index is -3.40. The molecule has 0 N–H and O–H groups in total. The lowest BCUT2D eigenvalue weighted by atomic mass is 10.1. The Kier molecular flexibility index (Phi) is 4.08. The van der Waals surface area contributed by atoms with Crippen LogP contribution in [0.5, 0.6) is 0 Å². The predicted octanol–water partition coefficient (Wildman–Crippen LogP) is 5.46. The smallest absolute Gasteiger partial charge is 0.298 e. The second-order valence-corrected chi connectivity index (χ2v) is 5.61. The summed E-state index contributed by atoms with van der Waals surface area (Å²) in [6.07, 6.45) is 2.64. The number of hydrogen-bond acceptors (Lipinski definition) is 1. The first-order valence-corrected chi connectivity index (χ1v) is 7.28. The maximum Gasteiger partial charge on any atom is 0.330 e. The fourth-order valence-electron chi connectivity index (χ4n) is 2.17. The molecule has 3 rings (SSSR count). The van der Waals surface area contributed by atoms with Gasteiger partial charge < -0.3 is 0 Å². The van der Waals surface area contributed by atoms with Crippen LogP contribution < -0.4 is 0 Å². The molecule has 0 bridgehead atoms. The van der Waals surface area contributed by atoms with Gasteiger partial charge in [-0.1, -0.05) is 29.3 Å². The fourth-order valence-corrected chi connectivity index (χ4v) is 2.46. The summed E-state index contributed by atoms with van der Waals surface area (Å²) in [5.41, 5.74) is 0.0418. The highest BCUT2D eigenvalue weighted by atomic mass is 35.5. The number of imidazole rings is 1. The Hall–Kier alpha value is -1.98. The molecule has 0 saturated carbocycles. The van der Waals surface area contributed by atoms with E-state index in [1.807, 2.05) is 0 Å². The van der Waals surface area contributed by atoms with Crippen molar-refractivity contribution in [3.05, 3.63) is 82.1 Å². The van der Waals surface area contributed by atoms with Crippen molar-refractivity contribution in [2.24, 2.45) is 0 Å². The molecule has 118 valence electrons. The Morgan fingerprint density at radius 1 is 0.957 bits per heavy atom. The topological polar surface area (TPSA) is 17.8 Å². The molecular formula is C16H9Cl2F3N2. The number of nitrogens with zero attached hydrogens (tertiary/aromatic N) is 2. The molecule has 23 heavy (non-hydrogen) atoms. The minimum Gasteiger partial charge on any atom is -0.298 e. The minimum absolute atomic E-state index is 0.0312. The van der Waals surface area contributed by atoms with Crippen LogP contribution in [0.15, 0.2) is 54.9 Å². The molecule has 3 aromatic rings. The van der Waals surface area contributed by atoms with Crippen LogP contribution in [-0.2, 0) is 5.92 Å². The summed E-state index contributed by atoms with van der Waals surface area (Å²) in [4.78, 5) is 3.76. The Morgan fingerprint density at radius 2 is 1.65 bits per heavy atom. The maximum absolute atomic E-state index is 14.8. The van der Waals surface area contributed by atoms with Gasteiger partial charge in [-0.2, -0.15) is 8.78 Å². The van der Waals surface area contributed by atoms with Crippen molar-refractivity contribution < 1.29 is 13.2 Å². The molecule has 0 aliphatic heterocycles. The average Bonchev–Trinajstić information content (AvgIpc) is 3.01. The van der Waals surface area contributed by atoms with Gasteiger partial charge in [-0.15, -0.1) is 0 Å². The van der Waals surface area contributed by atoms with Crippen LogP contribution in [0.4, 0.5) is 13.2 Å². The number of alkyl halides is 2. The first-order valence-electron chi connectivity index (χ1n) is 6.52. The Morgan fingerprint density at radius 3 is 2.30 bits per heavy atom. The highest BCUT2D eigenvalue weighted by molar-refractivity contribution is 6.42. The molecule has 0 unspecified atom stereocenters. The Labute approximate surface area is 140 Å². The van der Waals surface area contributed by atoms with Gasteiger partial charge in [0.2, 0.25) is 0 Å². The van der Waals surface area contributed by atoms with Crippen molar-refractivity contribution in [1.82, 2.24) is 9.55 Å². The normalized spacial score (nSPS) is 11.7. The average molecular weight is 357 g/mol. The zero-order chi connectivity index (χ0) is 16.6. The highest BCUT2D eigenvalue weighted by Gasteiger charge is 2.39. The molecular weight excluding hydrogens is 348 g/mol. The summed E-state index contributed by atoms with van der Waals surface area (Å²) in [5, 5.41) is 0.219. The molecule has 7 heteroatoms. The van der Waals surface area contributed by atoms with Gasteiger partial charge in [0.15, 0.2) is 5.82 Å². The molecule has 0 spiro atoms. The van der Waals surface area contributed by atoms with Gasteiger partial charge in [0, 0.05) is 23.6 Å². The highest BCUT2D eigenvalue weighted by Crippen LogP contribution is 2.38. The monoisotopic (exact) mass is 356 g/mol. The number of rotatable bonds is 3. The molecule has 1 heterocycles. The van der Waals surface area contributed by atoms with Gasteiger partial charge in [-0.05, 0) is 36.4 Å². The zero-order valence-corrected chi connectivity index (χ0v) is 13.0. The summed E-state index contributed by atoms with van der Waals surface area (Å²) in [6.45, 7) is 0. The van der Waals surface area contributed by atoms with E-state index in [0.717, 1.165) is 6.07 Å². The number of halogens is 5. The summed E-state index contributed by atoms with van der Waals surface area (Å²) < 4.78 is 43.8. The largest absolute Gasteiger partial charge is 0.330 e. The van der Waals surface area contributed by atoms with E-state index in [1.54, 1.807) is 0 Å². The van der Waals surface area contributed by atoms with Crippen LogP contribution in [-0.4, -0.2) is 9.55 Å². The van der Waals surface area contributed by atoms with Crippen LogP contribution in [0.1, 0.15) is 11.4 Å². The van der Waals surface area contributed by atoms with E-state index >= 15 is 0 Å². The summed E-state index contributed by atoms with van der Waals surface area (Å²) in [5.74, 6) is -4.35. The van der Waals surface area contributed by atoms with E-state index in [0.29, 0.717) is 5.69 Å². The molecule has 2 aromatic carbocycles. The summed E-state index contributed by atoms with van der Waals surface area (Å²) in [7, 11) is 0. The second-order valence-electron chi connectivity index (χ2n) is 4.80. The van der Waals surface area contributed by atoms with E-state index in [9.17, 15) is 13.2 Å². The molecule has 0 saturated heterocycles. The van der Waals surface area contributed by atoms with E-state index in [1.165, 1.54) is 53.4 Å². The van der Waals surface area contributed by atoms with Crippen molar-refractivity contribution in [2.75, 3.05) is 0 Å². The molecule has 0 aliphatic rings. The first kappa shape index (κ1) is 15.9. The second kappa shape index (κ2) is 5.91. The van der Waals surface area contributed by atoms with E-state index in [2.05, 4.69) is 4.98 Å². The van der Waals surface area contributed by atoms with Gasteiger partial charge in [-0.3, -0.25) is 4.57 Å². The van der Waals surface area contributed by atoms with Crippen molar-refractivity contribution in [3.63, 3.8) is 0 Å². The van der Waals surface area contributed by atoms with Gasteiger partial charge >= 0.3 is 5.92 Å². The summed E-state index contributed by atoms with van der Waals surface area (Å²) in [6, 6.07) is 8.77. The lowest BCUT2D eigenvalue weighted by Gasteiger charge is -2.18. The van der Waals surface area contributed by atoms with E-state index in [-0.39, 0.29) is 15.6 Å². The van der Waals surface area contributed by atoms with Crippen molar-refractivity contribution in [2.45, 2.75) is 5.92 Å². The number of aromatic nitrogens is 2. The van der Waals surface area contributed by atoms with Crippen LogP contribution in [0.25, 0.3) is 5.69 Å². The van der Waals surface area contributed by atoms with Crippen LogP contribution in [0, 0.1) is 5.82 Å². The van der Waals surface area contributed by atoms with Gasteiger partial charge in [0.05, 0.1) is 10.0 Å². The van der Waals surface area contributed by atoms with Gasteiger partial charge in [-0.25, -0.2) is 9.37 Å². The Bertz CT molecular complexity index is 845. The lowest BCUT2D eigenvalue weighted by molar-refractivity contribution is 0.0314. The van der Waals surface area contributed by atoms with Crippen molar-refractivity contribution >= 4 is 23.2 Å². The zero-order valence-electron chi connectivity index (χ0n) is 11.5. The molecule has 2 nitrogen and oxygen atoms in total. The van der Waals surface area contributed by atoms with Gasteiger partial charge in [0.1, 0.15) is 5.82 Å². The lowest BCUT2D eigenvalue weighted by Crippen LogP contribution is -2.21. The SMILES string of the molecule is Fc1ccc(-n2ccnc2C(F)(F)c2ccc(Cl)c(Cl)c2)cc1. The maximum atomic E-state index is 14.8. The van der Waals surface area contributed by atoms with E-state index in [4.69, 9.17) is 23.2 Å². The quantitative estimate of drug-likeness (QED) is 0.609. The van der Waals surface area contributed by atoms with Gasteiger partial charge in [0.25, 0.3) is 0 Å². The third-order valence-corrected chi connectivity index (χ3v) is 4.05.